The highest BCUT2D eigenvalue weighted by molar-refractivity contribution is 6.32. The topological polar surface area (TPSA) is 67.9 Å². The van der Waals surface area contributed by atoms with Gasteiger partial charge in [-0.05, 0) is 34.9 Å². The first kappa shape index (κ1) is 19.3. The summed E-state index contributed by atoms with van der Waals surface area (Å²) in [7, 11) is 0. The Morgan fingerprint density at radius 3 is 2.83 bits per heavy atom. The quantitative estimate of drug-likeness (QED) is 0.831. The summed E-state index contributed by atoms with van der Waals surface area (Å²) >= 11 is 6.26. The predicted octanol–water partition coefficient (Wildman–Crippen LogP) is 3.69. The first-order chi connectivity index (χ1) is 14.0. The van der Waals surface area contributed by atoms with E-state index in [1.54, 1.807) is 17.2 Å². The Kier molecular flexibility index (Phi) is 5.45. The second kappa shape index (κ2) is 8.17. The molecule has 0 aromatic heterocycles. The van der Waals surface area contributed by atoms with E-state index in [9.17, 15) is 9.59 Å². The van der Waals surface area contributed by atoms with Gasteiger partial charge in [0.05, 0.1) is 17.5 Å². The molecule has 2 heterocycles. The molecule has 2 aromatic rings. The van der Waals surface area contributed by atoms with E-state index in [0.717, 1.165) is 16.7 Å². The minimum atomic E-state index is -0.336. The lowest BCUT2D eigenvalue weighted by atomic mass is 9.93. The lowest BCUT2D eigenvalue weighted by Crippen LogP contribution is -2.35. The van der Waals surface area contributed by atoms with E-state index in [-0.39, 0.29) is 24.3 Å². The van der Waals surface area contributed by atoms with Crippen LogP contribution in [0.25, 0.3) is 6.08 Å². The van der Waals surface area contributed by atoms with Gasteiger partial charge >= 0.3 is 0 Å². The maximum atomic E-state index is 12.7. The number of amides is 2. The molecule has 7 heteroatoms. The van der Waals surface area contributed by atoms with Gasteiger partial charge < -0.3 is 19.7 Å². The van der Waals surface area contributed by atoms with Crippen molar-refractivity contribution >= 4 is 29.5 Å². The maximum Gasteiger partial charge on any atom is 0.223 e. The molecule has 0 saturated heterocycles. The average molecular weight is 413 g/mol. The molecule has 2 aliphatic heterocycles. The van der Waals surface area contributed by atoms with E-state index < -0.39 is 0 Å². The number of carbonyl (C=O) groups excluding carboxylic acids is 2. The average Bonchev–Trinajstić information content (AvgIpc) is 2.72. The van der Waals surface area contributed by atoms with Crippen molar-refractivity contribution in [2.75, 3.05) is 13.2 Å². The van der Waals surface area contributed by atoms with E-state index in [0.29, 0.717) is 36.3 Å². The zero-order valence-corrected chi connectivity index (χ0v) is 16.7. The molecule has 29 heavy (non-hydrogen) atoms. The summed E-state index contributed by atoms with van der Waals surface area (Å²) in [4.78, 5) is 26.3. The third-order valence-corrected chi connectivity index (χ3v) is 5.27. The van der Waals surface area contributed by atoms with Crippen LogP contribution in [-0.4, -0.2) is 29.9 Å². The van der Waals surface area contributed by atoms with Gasteiger partial charge in [0.2, 0.25) is 11.8 Å². The van der Waals surface area contributed by atoms with Crippen molar-refractivity contribution in [2.45, 2.75) is 25.9 Å². The standard InChI is InChI=1S/C22H21ClN2O4/c1-14(26)25-7-6-16-4-2-3-5-17(16)19(25)12-21(27)24-13-15-10-18(23)22-20(11-15)28-8-9-29-22/h2-7,10-11,19H,8-9,12-13H2,1H3,(H,24,27). The number of hydrogen-bond donors (Lipinski definition) is 1. The molecular formula is C22H21ClN2O4. The van der Waals surface area contributed by atoms with E-state index in [1.165, 1.54) is 6.92 Å². The maximum absolute atomic E-state index is 12.7. The SMILES string of the molecule is CC(=O)N1C=Cc2ccccc2C1CC(=O)NCc1cc(Cl)c2c(c1)OCCO2. The first-order valence-corrected chi connectivity index (χ1v) is 9.81. The van der Waals surface area contributed by atoms with Gasteiger partial charge in [-0.15, -0.1) is 0 Å². The second-order valence-corrected chi connectivity index (χ2v) is 7.38. The summed E-state index contributed by atoms with van der Waals surface area (Å²) in [5.41, 5.74) is 2.80. The fraction of sp³-hybridized carbons (Fsp3) is 0.273. The summed E-state index contributed by atoms with van der Waals surface area (Å²) in [6, 6.07) is 11.0. The third kappa shape index (κ3) is 4.07. The lowest BCUT2D eigenvalue weighted by Gasteiger charge is -2.32. The smallest absolute Gasteiger partial charge is 0.223 e. The Balaban J connectivity index is 1.46. The van der Waals surface area contributed by atoms with Crippen LogP contribution >= 0.6 is 11.6 Å². The Morgan fingerprint density at radius 1 is 1.21 bits per heavy atom. The second-order valence-electron chi connectivity index (χ2n) is 6.97. The molecular weight excluding hydrogens is 392 g/mol. The van der Waals surface area contributed by atoms with E-state index in [2.05, 4.69) is 5.32 Å². The van der Waals surface area contributed by atoms with Crippen LogP contribution < -0.4 is 14.8 Å². The molecule has 0 bridgehead atoms. The van der Waals surface area contributed by atoms with Gasteiger partial charge in [0, 0.05) is 19.7 Å². The molecule has 4 rings (SSSR count). The van der Waals surface area contributed by atoms with Gasteiger partial charge in [-0.3, -0.25) is 9.59 Å². The molecule has 2 aromatic carbocycles. The summed E-state index contributed by atoms with van der Waals surface area (Å²) in [5, 5.41) is 3.37. The molecule has 6 nitrogen and oxygen atoms in total. The normalized spacial score (nSPS) is 16.9. The van der Waals surface area contributed by atoms with Crippen molar-refractivity contribution in [2.24, 2.45) is 0 Å². The molecule has 1 unspecified atom stereocenters. The van der Waals surface area contributed by atoms with Gasteiger partial charge in [-0.25, -0.2) is 0 Å². The van der Waals surface area contributed by atoms with Crippen LogP contribution in [0.5, 0.6) is 11.5 Å². The molecule has 0 radical (unpaired) electrons. The van der Waals surface area contributed by atoms with Crippen LogP contribution in [0.2, 0.25) is 5.02 Å². The highest BCUT2D eigenvalue weighted by Crippen LogP contribution is 2.38. The molecule has 2 aliphatic rings. The largest absolute Gasteiger partial charge is 0.486 e. The lowest BCUT2D eigenvalue weighted by molar-refractivity contribution is -0.130. The number of halogens is 1. The first-order valence-electron chi connectivity index (χ1n) is 9.43. The summed E-state index contributed by atoms with van der Waals surface area (Å²) in [6.45, 7) is 2.74. The highest BCUT2D eigenvalue weighted by Gasteiger charge is 2.28. The van der Waals surface area contributed by atoms with Crippen LogP contribution in [0.4, 0.5) is 0 Å². The molecule has 0 aliphatic carbocycles. The zero-order chi connectivity index (χ0) is 20.4. The van der Waals surface area contributed by atoms with E-state index in [1.807, 2.05) is 36.4 Å². The minimum Gasteiger partial charge on any atom is -0.486 e. The van der Waals surface area contributed by atoms with Crippen molar-refractivity contribution in [1.29, 1.82) is 0 Å². The number of nitrogens with one attached hydrogen (secondary N) is 1. The number of hydrogen-bond acceptors (Lipinski definition) is 4. The van der Waals surface area contributed by atoms with Crippen LogP contribution in [0.1, 0.15) is 36.1 Å². The fourth-order valence-corrected chi connectivity index (χ4v) is 3.92. The van der Waals surface area contributed by atoms with Gasteiger partial charge in [0.1, 0.15) is 13.2 Å². The number of ether oxygens (including phenoxy) is 2. The number of fused-ring (bicyclic) bond motifs is 2. The molecule has 0 fully saturated rings. The van der Waals surface area contributed by atoms with Crippen molar-refractivity contribution in [3.63, 3.8) is 0 Å². The summed E-state index contributed by atoms with van der Waals surface area (Å²) in [6.07, 6.45) is 3.80. The predicted molar refractivity (Wildman–Crippen MR) is 110 cm³/mol. The van der Waals surface area contributed by atoms with Gasteiger partial charge in [0.15, 0.2) is 11.5 Å². The third-order valence-electron chi connectivity index (χ3n) is 4.99. The van der Waals surface area contributed by atoms with Crippen LogP contribution in [-0.2, 0) is 16.1 Å². The monoisotopic (exact) mass is 412 g/mol. The molecule has 0 saturated carbocycles. The number of nitrogens with zero attached hydrogens (tertiary/aromatic N) is 1. The fourth-order valence-electron chi connectivity index (χ4n) is 3.63. The minimum absolute atomic E-state index is 0.104. The Labute approximate surface area is 174 Å². The zero-order valence-electron chi connectivity index (χ0n) is 16.0. The van der Waals surface area contributed by atoms with Crippen molar-refractivity contribution in [1.82, 2.24) is 10.2 Å². The molecule has 1 atom stereocenters. The van der Waals surface area contributed by atoms with Gasteiger partial charge in [-0.2, -0.15) is 0 Å². The van der Waals surface area contributed by atoms with Crippen molar-refractivity contribution < 1.29 is 19.1 Å². The Hall–Kier alpha value is -2.99. The molecule has 1 N–H and O–H groups in total. The van der Waals surface area contributed by atoms with Crippen molar-refractivity contribution in [3.8, 4) is 11.5 Å². The molecule has 0 spiro atoms. The van der Waals surface area contributed by atoms with Crippen LogP contribution in [0, 0.1) is 0 Å². The highest BCUT2D eigenvalue weighted by atomic mass is 35.5. The van der Waals surface area contributed by atoms with Crippen LogP contribution in [0.15, 0.2) is 42.6 Å². The Bertz CT molecular complexity index is 989. The Morgan fingerprint density at radius 2 is 2.00 bits per heavy atom. The summed E-state index contributed by atoms with van der Waals surface area (Å²) < 4.78 is 11.1. The van der Waals surface area contributed by atoms with Crippen molar-refractivity contribution in [3.05, 3.63) is 64.3 Å². The van der Waals surface area contributed by atoms with E-state index >= 15 is 0 Å². The molecule has 150 valence electrons. The van der Waals surface area contributed by atoms with E-state index in [4.69, 9.17) is 21.1 Å². The number of carbonyl (C=O) groups is 2. The number of rotatable bonds is 4. The van der Waals surface area contributed by atoms with Crippen LogP contribution in [0.3, 0.4) is 0 Å². The molecule has 2 amide bonds. The van der Waals surface area contributed by atoms with Gasteiger partial charge in [0.25, 0.3) is 0 Å². The number of benzene rings is 2. The van der Waals surface area contributed by atoms with Gasteiger partial charge in [-0.1, -0.05) is 35.9 Å². The summed E-state index contributed by atoms with van der Waals surface area (Å²) in [5.74, 6) is 0.863.